The second kappa shape index (κ2) is 7.99. The van der Waals surface area contributed by atoms with Gasteiger partial charge in [0.2, 0.25) is 5.91 Å². The second-order valence-electron chi connectivity index (χ2n) is 6.40. The fourth-order valence-corrected chi connectivity index (χ4v) is 3.03. The molecule has 1 saturated heterocycles. The first-order chi connectivity index (χ1) is 11.0. The molecule has 5 heteroatoms. The number of hydrogen-bond acceptors (Lipinski definition) is 3. The van der Waals surface area contributed by atoms with E-state index in [1.54, 1.807) is 0 Å². The maximum absolute atomic E-state index is 12.5. The highest BCUT2D eigenvalue weighted by molar-refractivity contribution is 5.94. The first-order valence-electron chi connectivity index (χ1n) is 8.40. The minimum absolute atomic E-state index is 0.0414. The molecular formula is C18H27N3O2. The summed E-state index contributed by atoms with van der Waals surface area (Å²) in [6, 6.07) is 7.78. The number of unbranched alkanes of at least 4 members (excludes halogenated alkanes) is 1. The van der Waals surface area contributed by atoms with Crippen molar-refractivity contribution in [1.82, 2.24) is 4.90 Å². The lowest BCUT2D eigenvalue weighted by atomic mass is 10.1. The maximum atomic E-state index is 12.5. The molecule has 1 aliphatic heterocycles. The van der Waals surface area contributed by atoms with Gasteiger partial charge < -0.3 is 15.5 Å². The molecule has 1 aliphatic rings. The van der Waals surface area contributed by atoms with E-state index in [-0.39, 0.29) is 17.7 Å². The molecule has 0 aromatic heterocycles. The monoisotopic (exact) mass is 317 g/mol. The zero-order valence-corrected chi connectivity index (χ0v) is 14.1. The summed E-state index contributed by atoms with van der Waals surface area (Å²) >= 11 is 0. The summed E-state index contributed by atoms with van der Waals surface area (Å²) < 4.78 is 0. The number of nitrogens with zero attached hydrogens (tertiary/aromatic N) is 2. The van der Waals surface area contributed by atoms with E-state index in [4.69, 9.17) is 5.73 Å². The van der Waals surface area contributed by atoms with Crippen molar-refractivity contribution in [1.29, 1.82) is 0 Å². The molecule has 2 rings (SSSR count). The normalized spacial score (nSPS) is 17.3. The number of primary amides is 1. The van der Waals surface area contributed by atoms with Gasteiger partial charge >= 0.3 is 0 Å². The Morgan fingerprint density at radius 3 is 2.61 bits per heavy atom. The van der Waals surface area contributed by atoms with E-state index >= 15 is 0 Å². The minimum atomic E-state index is -0.288. The van der Waals surface area contributed by atoms with Crippen LogP contribution in [0.2, 0.25) is 0 Å². The first-order valence-corrected chi connectivity index (χ1v) is 8.40. The van der Waals surface area contributed by atoms with Crippen molar-refractivity contribution in [2.24, 2.45) is 11.7 Å². The molecule has 1 atom stereocenters. The molecule has 0 saturated carbocycles. The number of likely N-dealkylation sites (tertiary alicyclic amines) is 1. The van der Waals surface area contributed by atoms with Gasteiger partial charge in [0.05, 0.1) is 0 Å². The van der Waals surface area contributed by atoms with Crippen molar-refractivity contribution < 1.29 is 9.59 Å². The molecule has 2 N–H and O–H groups in total. The van der Waals surface area contributed by atoms with Gasteiger partial charge in [-0.25, -0.2) is 0 Å². The maximum Gasteiger partial charge on any atom is 0.253 e. The summed E-state index contributed by atoms with van der Waals surface area (Å²) in [7, 11) is 2.07. The standard InChI is InChI=1S/C18H27N3O2/c1-3-4-10-20(2)16-7-5-15(6-8-16)18(23)21-11-9-14(13-21)12-17(19)22/h5-8,14H,3-4,9-13H2,1-2H3,(H2,19,22). The van der Waals surface area contributed by atoms with Crippen LogP contribution in [0.15, 0.2) is 24.3 Å². The molecule has 23 heavy (non-hydrogen) atoms. The Kier molecular flexibility index (Phi) is 6.02. The number of hydrogen-bond donors (Lipinski definition) is 1. The van der Waals surface area contributed by atoms with Gasteiger partial charge in [0, 0.05) is 44.4 Å². The summed E-state index contributed by atoms with van der Waals surface area (Å²) in [5.41, 5.74) is 7.07. The van der Waals surface area contributed by atoms with Crippen molar-refractivity contribution in [2.45, 2.75) is 32.6 Å². The third kappa shape index (κ3) is 4.71. The summed E-state index contributed by atoms with van der Waals surface area (Å²) in [4.78, 5) is 27.5. The first kappa shape index (κ1) is 17.3. The Bertz CT molecular complexity index is 542. The zero-order chi connectivity index (χ0) is 16.8. The van der Waals surface area contributed by atoms with Crippen LogP contribution in [0, 0.1) is 5.92 Å². The average Bonchev–Trinajstić information content (AvgIpc) is 2.99. The minimum Gasteiger partial charge on any atom is -0.375 e. The Balaban J connectivity index is 1.94. The molecule has 1 aromatic carbocycles. The summed E-state index contributed by atoms with van der Waals surface area (Å²) in [5.74, 6) is -0.0422. The molecule has 1 aromatic rings. The molecule has 0 spiro atoms. The third-order valence-electron chi connectivity index (χ3n) is 4.47. The number of rotatable bonds is 7. The Morgan fingerprint density at radius 2 is 2.00 bits per heavy atom. The van der Waals surface area contributed by atoms with Crippen LogP contribution in [-0.4, -0.2) is 43.4 Å². The lowest BCUT2D eigenvalue weighted by molar-refractivity contribution is -0.118. The van der Waals surface area contributed by atoms with E-state index in [1.165, 1.54) is 6.42 Å². The smallest absolute Gasteiger partial charge is 0.253 e. The Hall–Kier alpha value is -2.04. The van der Waals surface area contributed by atoms with Crippen LogP contribution in [0.25, 0.3) is 0 Å². The topological polar surface area (TPSA) is 66.6 Å². The highest BCUT2D eigenvalue weighted by Gasteiger charge is 2.27. The molecule has 0 radical (unpaired) electrons. The van der Waals surface area contributed by atoms with Gasteiger partial charge in [-0.15, -0.1) is 0 Å². The second-order valence-corrected chi connectivity index (χ2v) is 6.40. The number of benzene rings is 1. The van der Waals surface area contributed by atoms with E-state index in [0.717, 1.165) is 25.1 Å². The molecule has 1 fully saturated rings. The highest BCUT2D eigenvalue weighted by Crippen LogP contribution is 2.22. The number of carbonyl (C=O) groups excluding carboxylic acids is 2. The highest BCUT2D eigenvalue weighted by atomic mass is 16.2. The number of anilines is 1. The SMILES string of the molecule is CCCCN(C)c1ccc(C(=O)N2CCC(CC(N)=O)C2)cc1. The third-order valence-corrected chi connectivity index (χ3v) is 4.47. The van der Waals surface area contributed by atoms with Gasteiger partial charge in [-0.05, 0) is 43.0 Å². The lowest BCUT2D eigenvalue weighted by Gasteiger charge is -2.20. The van der Waals surface area contributed by atoms with Crippen LogP contribution in [0.4, 0.5) is 5.69 Å². The van der Waals surface area contributed by atoms with Crippen molar-refractivity contribution in [2.75, 3.05) is 31.6 Å². The zero-order valence-electron chi connectivity index (χ0n) is 14.1. The molecule has 126 valence electrons. The lowest BCUT2D eigenvalue weighted by Crippen LogP contribution is -2.29. The summed E-state index contributed by atoms with van der Waals surface area (Å²) in [6.07, 6.45) is 3.55. The van der Waals surface area contributed by atoms with Gasteiger partial charge in [0.15, 0.2) is 0 Å². The van der Waals surface area contributed by atoms with Crippen LogP contribution < -0.4 is 10.6 Å². The van der Waals surface area contributed by atoms with Crippen molar-refractivity contribution in [3.05, 3.63) is 29.8 Å². The van der Waals surface area contributed by atoms with Crippen molar-refractivity contribution in [3.63, 3.8) is 0 Å². The quantitative estimate of drug-likeness (QED) is 0.839. The predicted molar refractivity (Wildman–Crippen MR) is 92.4 cm³/mol. The van der Waals surface area contributed by atoms with Gasteiger partial charge in [-0.2, -0.15) is 0 Å². The van der Waals surface area contributed by atoms with Gasteiger partial charge in [-0.3, -0.25) is 9.59 Å². The number of nitrogens with two attached hydrogens (primary N) is 1. The van der Waals surface area contributed by atoms with Crippen molar-refractivity contribution >= 4 is 17.5 Å². The fraction of sp³-hybridized carbons (Fsp3) is 0.556. The molecule has 0 bridgehead atoms. The molecule has 0 aliphatic carbocycles. The van der Waals surface area contributed by atoms with Crippen LogP contribution in [-0.2, 0) is 4.79 Å². The Morgan fingerprint density at radius 1 is 1.30 bits per heavy atom. The van der Waals surface area contributed by atoms with Gasteiger partial charge in [0.1, 0.15) is 0 Å². The fourth-order valence-electron chi connectivity index (χ4n) is 3.03. The van der Waals surface area contributed by atoms with E-state index in [1.807, 2.05) is 29.2 Å². The van der Waals surface area contributed by atoms with E-state index in [0.29, 0.717) is 25.1 Å². The number of carbonyl (C=O) groups is 2. The van der Waals surface area contributed by atoms with Crippen molar-refractivity contribution in [3.8, 4) is 0 Å². The average molecular weight is 317 g/mol. The van der Waals surface area contributed by atoms with Gasteiger partial charge in [-0.1, -0.05) is 13.3 Å². The molecular weight excluding hydrogens is 290 g/mol. The van der Waals surface area contributed by atoms with Crippen LogP contribution in [0.5, 0.6) is 0 Å². The molecule has 1 heterocycles. The van der Waals surface area contributed by atoms with Crippen LogP contribution in [0.3, 0.4) is 0 Å². The van der Waals surface area contributed by atoms with E-state index < -0.39 is 0 Å². The molecule has 1 unspecified atom stereocenters. The van der Waals surface area contributed by atoms with Gasteiger partial charge in [0.25, 0.3) is 5.91 Å². The van der Waals surface area contributed by atoms with Crippen LogP contribution in [0.1, 0.15) is 43.0 Å². The molecule has 2 amide bonds. The summed E-state index contributed by atoms with van der Waals surface area (Å²) in [5, 5.41) is 0. The number of amides is 2. The van der Waals surface area contributed by atoms with E-state index in [2.05, 4.69) is 18.9 Å². The summed E-state index contributed by atoms with van der Waals surface area (Å²) in [6.45, 7) is 4.52. The largest absolute Gasteiger partial charge is 0.375 e. The van der Waals surface area contributed by atoms with Crippen LogP contribution >= 0.6 is 0 Å². The van der Waals surface area contributed by atoms with E-state index in [9.17, 15) is 9.59 Å². The predicted octanol–water partition coefficient (Wildman–Crippen LogP) is 2.26. The molecule has 5 nitrogen and oxygen atoms in total. The Labute approximate surface area is 138 Å².